The maximum absolute atomic E-state index is 9.42. The van der Waals surface area contributed by atoms with Crippen molar-refractivity contribution in [3.8, 4) is 11.5 Å². The first-order valence-electron chi connectivity index (χ1n) is 6.65. The minimum Gasteiger partial charge on any atom is -0.508 e. The van der Waals surface area contributed by atoms with Crippen LogP contribution >= 0.6 is 15.9 Å². The number of rotatable bonds is 7. The van der Waals surface area contributed by atoms with Gasteiger partial charge in [-0.2, -0.15) is 0 Å². The Balaban J connectivity index is 0.000000423. The summed E-state index contributed by atoms with van der Waals surface area (Å²) in [6, 6.07) is 1.64. The number of halogens is 1. The Labute approximate surface area is 145 Å². The molecular formula is C15H25BrO7. The normalized spacial score (nSPS) is 10.7. The Morgan fingerprint density at radius 2 is 1.30 bits per heavy atom. The second-order valence-electron chi connectivity index (χ2n) is 4.32. The monoisotopic (exact) mass is 396 g/mol. The van der Waals surface area contributed by atoms with Crippen LogP contribution in [0.25, 0.3) is 0 Å². The van der Waals surface area contributed by atoms with E-state index in [1.165, 1.54) is 28.4 Å². The molecule has 0 atom stereocenters. The summed E-state index contributed by atoms with van der Waals surface area (Å²) < 4.78 is 29.8. The molecule has 0 amide bonds. The van der Waals surface area contributed by atoms with Gasteiger partial charge in [-0.25, -0.2) is 0 Å². The maximum Gasteiger partial charge on any atom is 0.275 e. The first-order chi connectivity index (χ1) is 10.9. The minimum atomic E-state index is -0.764. The number of phenols is 1. The zero-order valence-electron chi connectivity index (χ0n) is 14.5. The molecular weight excluding hydrogens is 372 g/mol. The summed E-state index contributed by atoms with van der Waals surface area (Å²) in [5.41, 5.74) is 1.82. The van der Waals surface area contributed by atoms with Crippen molar-refractivity contribution in [3.05, 3.63) is 21.7 Å². The Hall–Kier alpha value is -0.900. The Morgan fingerprint density at radius 1 is 0.870 bits per heavy atom. The van der Waals surface area contributed by atoms with E-state index in [-0.39, 0.29) is 0 Å². The number of aromatic hydroxyl groups is 1. The van der Waals surface area contributed by atoms with Gasteiger partial charge in [0.05, 0.1) is 11.6 Å². The fraction of sp³-hybridized carbons (Fsp3) is 0.600. The van der Waals surface area contributed by atoms with E-state index in [0.717, 1.165) is 21.3 Å². The van der Waals surface area contributed by atoms with E-state index in [1.54, 1.807) is 13.2 Å². The molecule has 7 nitrogen and oxygen atoms in total. The molecule has 0 radical (unpaired) electrons. The third-order valence-electron chi connectivity index (χ3n) is 2.96. The van der Waals surface area contributed by atoms with Crippen molar-refractivity contribution in [2.45, 2.75) is 26.8 Å². The summed E-state index contributed by atoms with van der Waals surface area (Å²) in [4.78, 5) is 0. The molecule has 0 fully saturated rings. The van der Waals surface area contributed by atoms with Crippen molar-refractivity contribution in [1.82, 2.24) is 0 Å². The van der Waals surface area contributed by atoms with Crippen molar-refractivity contribution in [2.75, 3.05) is 35.5 Å². The van der Waals surface area contributed by atoms with Gasteiger partial charge in [0.15, 0.2) is 0 Å². The molecule has 0 aromatic heterocycles. The molecule has 0 bridgehead atoms. The predicted molar refractivity (Wildman–Crippen MR) is 88.5 cm³/mol. The zero-order valence-corrected chi connectivity index (χ0v) is 16.1. The molecule has 0 spiro atoms. The van der Waals surface area contributed by atoms with Crippen LogP contribution in [0.3, 0.4) is 0 Å². The smallest absolute Gasteiger partial charge is 0.275 e. The van der Waals surface area contributed by atoms with Crippen LogP contribution in [-0.4, -0.2) is 53.6 Å². The van der Waals surface area contributed by atoms with Gasteiger partial charge in [0.1, 0.15) is 11.5 Å². The topological polar surface area (TPSA) is 75.6 Å². The van der Waals surface area contributed by atoms with Gasteiger partial charge in [0.2, 0.25) is 0 Å². The highest BCUT2D eigenvalue weighted by Gasteiger charge is 2.13. The van der Waals surface area contributed by atoms with E-state index in [9.17, 15) is 5.11 Å². The molecule has 134 valence electrons. The van der Waals surface area contributed by atoms with Crippen LogP contribution in [0, 0.1) is 13.8 Å². The zero-order chi connectivity index (χ0) is 18.0. The molecule has 0 aliphatic heterocycles. The van der Waals surface area contributed by atoms with E-state index in [2.05, 4.69) is 15.9 Å². The minimum absolute atomic E-state index is 0.292. The molecule has 0 aliphatic rings. The van der Waals surface area contributed by atoms with Crippen LogP contribution in [-0.2, 0) is 23.7 Å². The van der Waals surface area contributed by atoms with Crippen LogP contribution in [0.5, 0.6) is 11.5 Å². The average Bonchev–Trinajstić information content (AvgIpc) is 2.55. The lowest BCUT2D eigenvalue weighted by atomic mass is 10.1. The van der Waals surface area contributed by atoms with Gasteiger partial charge in [-0.1, -0.05) is 0 Å². The first-order valence-corrected chi connectivity index (χ1v) is 7.44. The number of benzene rings is 1. The van der Waals surface area contributed by atoms with Gasteiger partial charge in [0.25, 0.3) is 13.0 Å². The predicted octanol–water partition coefficient (Wildman–Crippen LogP) is 2.94. The number of ether oxygens (including phenoxy) is 6. The van der Waals surface area contributed by atoms with Gasteiger partial charge in [-0.15, -0.1) is 0 Å². The second-order valence-corrected chi connectivity index (χ2v) is 5.17. The molecule has 1 aromatic carbocycles. The highest BCUT2D eigenvalue weighted by Crippen LogP contribution is 2.35. The fourth-order valence-electron chi connectivity index (χ4n) is 1.59. The molecule has 0 heterocycles. The van der Waals surface area contributed by atoms with Gasteiger partial charge < -0.3 is 28.8 Å². The van der Waals surface area contributed by atoms with E-state index in [1.807, 2.05) is 13.8 Å². The Morgan fingerprint density at radius 3 is 1.65 bits per heavy atom. The molecule has 0 aliphatic carbocycles. The van der Waals surface area contributed by atoms with Crippen LogP contribution < -0.4 is 4.74 Å². The largest absolute Gasteiger partial charge is 0.508 e. The summed E-state index contributed by atoms with van der Waals surface area (Å²) >= 11 is 3.31. The van der Waals surface area contributed by atoms with Crippen molar-refractivity contribution < 1.29 is 33.5 Å². The van der Waals surface area contributed by atoms with Gasteiger partial charge in [0, 0.05) is 28.4 Å². The maximum atomic E-state index is 9.42. The van der Waals surface area contributed by atoms with Crippen LogP contribution in [0.1, 0.15) is 11.1 Å². The number of hydrogen-bond acceptors (Lipinski definition) is 7. The third kappa shape index (κ3) is 7.03. The van der Waals surface area contributed by atoms with Gasteiger partial charge in [-0.05, 0) is 47.0 Å². The lowest BCUT2D eigenvalue weighted by Gasteiger charge is -2.19. The average molecular weight is 397 g/mol. The number of phenolic OH excluding ortho intramolecular Hbond substituents is 1. The Bertz CT molecular complexity index is 450. The summed E-state index contributed by atoms with van der Waals surface area (Å²) in [5.74, 6) is 1.07. The molecule has 1 rings (SSSR count). The SMILES string of the molecule is COC(OC)OC(OC)OC.COc1c(Br)cc(O)c(C)c1C. The number of hydrogen-bond donors (Lipinski definition) is 1. The van der Waals surface area contributed by atoms with E-state index in [4.69, 9.17) is 28.4 Å². The van der Waals surface area contributed by atoms with Crippen molar-refractivity contribution in [2.24, 2.45) is 0 Å². The van der Waals surface area contributed by atoms with E-state index < -0.39 is 13.0 Å². The molecule has 0 saturated heterocycles. The summed E-state index contributed by atoms with van der Waals surface area (Å²) in [7, 11) is 7.43. The summed E-state index contributed by atoms with van der Waals surface area (Å²) in [5, 5.41) is 9.42. The van der Waals surface area contributed by atoms with Crippen LogP contribution in [0.4, 0.5) is 0 Å². The van der Waals surface area contributed by atoms with E-state index in [0.29, 0.717) is 5.75 Å². The van der Waals surface area contributed by atoms with Crippen LogP contribution in [0.2, 0.25) is 0 Å². The lowest BCUT2D eigenvalue weighted by Crippen LogP contribution is -2.27. The molecule has 8 heteroatoms. The van der Waals surface area contributed by atoms with Crippen molar-refractivity contribution in [1.29, 1.82) is 0 Å². The lowest BCUT2D eigenvalue weighted by molar-refractivity contribution is -0.378. The molecule has 0 unspecified atom stereocenters. The quantitative estimate of drug-likeness (QED) is 0.709. The van der Waals surface area contributed by atoms with Gasteiger partial charge in [-0.3, -0.25) is 4.74 Å². The molecule has 1 aromatic rings. The highest BCUT2D eigenvalue weighted by molar-refractivity contribution is 9.10. The molecule has 1 N–H and O–H groups in total. The standard InChI is InChI=1S/C9H11BrO2.C6H14O5/c1-5-6(2)9(12-3)7(10)4-8(5)11;1-7-5(8-2)11-6(9-3)10-4/h4,11H,1-3H3;5-6H,1-4H3. The third-order valence-corrected chi connectivity index (χ3v) is 3.55. The highest BCUT2D eigenvalue weighted by atomic mass is 79.9. The molecule has 23 heavy (non-hydrogen) atoms. The van der Waals surface area contributed by atoms with Crippen molar-refractivity contribution in [3.63, 3.8) is 0 Å². The Kier molecular flexibility index (Phi) is 11.2. The van der Waals surface area contributed by atoms with Crippen LogP contribution in [0.15, 0.2) is 10.5 Å². The number of methoxy groups -OCH3 is 5. The van der Waals surface area contributed by atoms with E-state index >= 15 is 0 Å². The fourth-order valence-corrected chi connectivity index (χ4v) is 2.27. The first kappa shape index (κ1) is 22.1. The summed E-state index contributed by atoms with van der Waals surface area (Å²) in [6.07, 6.45) is 0. The molecule has 0 saturated carbocycles. The van der Waals surface area contributed by atoms with Crippen molar-refractivity contribution >= 4 is 15.9 Å². The summed E-state index contributed by atoms with van der Waals surface area (Å²) in [6.45, 7) is 2.25. The second kappa shape index (κ2) is 11.6. The van der Waals surface area contributed by atoms with Gasteiger partial charge >= 0.3 is 0 Å².